The Bertz CT molecular complexity index is 414. The SMILES string of the molecule is CC(CS(C)(=O)=O)Nc1nnc(CN)o1. The van der Waals surface area contributed by atoms with Gasteiger partial charge >= 0.3 is 6.01 Å². The molecular weight excluding hydrogens is 220 g/mol. The van der Waals surface area contributed by atoms with E-state index < -0.39 is 9.84 Å². The maximum absolute atomic E-state index is 11.0. The lowest BCUT2D eigenvalue weighted by Crippen LogP contribution is -2.25. The zero-order chi connectivity index (χ0) is 11.5. The molecular formula is C7H14N4O3S. The summed E-state index contributed by atoms with van der Waals surface area (Å²) >= 11 is 0. The van der Waals surface area contributed by atoms with Gasteiger partial charge in [-0.05, 0) is 6.92 Å². The first-order valence-electron chi connectivity index (χ1n) is 4.37. The molecule has 1 aromatic rings. The number of nitrogens with zero attached hydrogens (tertiary/aromatic N) is 2. The second kappa shape index (κ2) is 4.58. The minimum absolute atomic E-state index is 0.00728. The minimum atomic E-state index is -3.02. The van der Waals surface area contributed by atoms with Crippen LogP contribution in [0.4, 0.5) is 6.01 Å². The number of nitrogens with one attached hydrogen (secondary N) is 1. The van der Waals surface area contributed by atoms with Gasteiger partial charge in [-0.3, -0.25) is 0 Å². The second-order valence-electron chi connectivity index (χ2n) is 3.34. The van der Waals surface area contributed by atoms with Crippen molar-refractivity contribution in [3.05, 3.63) is 5.89 Å². The van der Waals surface area contributed by atoms with Gasteiger partial charge in [0.2, 0.25) is 5.89 Å². The lowest BCUT2D eigenvalue weighted by Gasteiger charge is -2.09. The van der Waals surface area contributed by atoms with Crippen molar-refractivity contribution in [3.8, 4) is 0 Å². The highest BCUT2D eigenvalue weighted by atomic mass is 32.2. The summed E-state index contributed by atoms with van der Waals surface area (Å²) in [6.07, 6.45) is 1.17. The minimum Gasteiger partial charge on any atom is -0.407 e. The van der Waals surface area contributed by atoms with E-state index in [1.54, 1.807) is 6.92 Å². The number of hydrogen-bond donors (Lipinski definition) is 2. The van der Waals surface area contributed by atoms with Crippen LogP contribution in [0.15, 0.2) is 4.42 Å². The maximum atomic E-state index is 11.0. The van der Waals surface area contributed by atoms with Gasteiger partial charge in [-0.1, -0.05) is 5.10 Å². The molecule has 15 heavy (non-hydrogen) atoms. The van der Waals surface area contributed by atoms with Crippen LogP contribution < -0.4 is 11.1 Å². The van der Waals surface area contributed by atoms with Gasteiger partial charge in [0.25, 0.3) is 0 Å². The Morgan fingerprint density at radius 1 is 1.53 bits per heavy atom. The molecule has 0 fully saturated rings. The molecule has 0 saturated heterocycles. The zero-order valence-electron chi connectivity index (χ0n) is 8.60. The average Bonchev–Trinajstić information content (AvgIpc) is 2.48. The molecule has 0 aliphatic rings. The highest BCUT2D eigenvalue weighted by Gasteiger charge is 2.13. The van der Waals surface area contributed by atoms with Crippen LogP contribution in [0.3, 0.4) is 0 Å². The Kier molecular flexibility index (Phi) is 3.64. The van der Waals surface area contributed by atoms with E-state index in [2.05, 4.69) is 15.5 Å². The van der Waals surface area contributed by atoms with Crippen molar-refractivity contribution in [2.75, 3.05) is 17.3 Å². The molecule has 0 aliphatic carbocycles. The predicted molar refractivity (Wildman–Crippen MR) is 55.0 cm³/mol. The van der Waals surface area contributed by atoms with Crippen LogP contribution in [0.1, 0.15) is 12.8 Å². The van der Waals surface area contributed by atoms with Crippen LogP contribution in [0, 0.1) is 0 Å². The van der Waals surface area contributed by atoms with E-state index in [0.29, 0.717) is 5.89 Å². The first-order valence-corrected chi connectivity index (χ1v) is 6.43. The van der Waals surface area contributed by atoms with E-state index in [1.807, 2.05) is 0 Å². The molecule has 0 radical (unpaired) electrons. The molecule has 1 aromatic heterocycles. The van der Waals surface area contributed by atoms with Crippen LogP contribution in [0.2, 0.25) is 0 Å². The lowest BCUT2D eigenvalue weighted by molar-refractivity contribution is 0.504. The lowest BCUT2D eigenvalue weighted by atomic mass is 10.4. The summed E-state index contributed by atoms with van der Waals surface area (Å²) in [5.41, 5.74) is 5.28. The second-order valence-corrected chi connectivity index (χ2v) is 5.53. The van der Waals surface area contributed by atoms with Gasteiger partial charge in [0, 0.05) is 12.3 Å². The fraction of sp³-hybridized carbons (Fsp3) is 0.714. The van der Waals surface area contributed by atoms with Gasteiger partial charge < -0.3 is 15.5 Å². The maximum Gasteiger partial charge on any atom is 0.315 e. The van der Waals surface area contributed by atoms with E-state index in [0.717, 1.165) is 0 Å². The van der Waals surface area contributed by atoms with Crippen molar-refractivity contribution in [2.24, 2.45) is 5.73 Å². The van der Waals surface area contributed by atoms with Gasteiger partial charge in [-0.15, -0.1) is 5.10 Å². The number of sulfone groups is 1. The molecule has 1 atom stereocenters. The molecule has 1 rings (SSSR count). The summed E-state index contributed by atoms with van der Waals surface area (Å²) in [6.45, 7) is 1.88. The summed E-state index contributed by atoms with van der Waals surface area (Å²) in [5, 5.41) is 10.1. The summed E-state index contributed by atoms with van der Waals surface area (Å²) in [7, 11) is -3.02. The number of hydrogen-bond acceptors (Lipinski definition) is 7. The summed E-state index contributed by atoms with van der Waals surface area (Å²) < 4.78 is 27.0. The molecule has 7 nitrogen and oxygen atoms in total. The Hall–Kier alpha value is -1.15. The van der Waals surface area contributed by atoms with E-state index in [4.69, 9.17) is 10.2 Å². The van der Waals surface area contributed by atoms with Gasteiger partial charge in [0.05, 0.1) is 12.3 Å². The molecule has 1 unspecified atom stereocenters. The molecule has 86 valence electrons. The van der Waals surface area contributed by atoms with Gasteiger partial charge in [-0.25, -0.2) is 8.42 Å². The Morgan fingerprint density at radius 3 is 2.67 bits per heavy atom. The monoisotopic (exact) mass is 234 g/mol. The Morgan fingerprint density at radius 2 is 2.20 bits per heavy atom. The number of aromatic nitrogens is 2. The summed E-state index contributed by atoms with van der Waals surface area (Å²) in [4.78, 5) is 0. The van der Waals surface area contributed by atoms with Crippen molar-refractivity contribution >= 4 is 15.9 Å². The van der Waals surface area contributed by atoms with Crippen LogP contribution in [0.5, 0.6) is 0 Å². The molecule has 0 amide bonds. The topological polar surface area (TPSA) is 111 Å². The first-order chi connectivity index (χ1) is 6.90. The number of rotatable bonds is 5. The third-order valence-electron chi connectivity index (χ3n) is 1.56. The first kappa shape index (κ1) is 11.9. The smallest absolute Gasteiger partial charge is 0.315 e. The molecule has 8 heteroatoms. The van der Waals surface area contributed by atoms with Crippen LogP contribution in [0.25, 0.3) is 0 Å². The van der Waals surface area contributed by atoms with Gasteiger partial charge in [0.1, 0.15) is 9.84 Å². The van der Waals surface area contributed by atoms with E-state index >= 15 is 0 Å². The average molecular weight is 234 g/mol. The van der Waals surface area contributed by atoms with Gasteiger partial charge in [-0.2, -0.15) is 0 Å². The Labute approximate surface area is 88.0 Å². The quantitative estimate of drug-likeness (QED) is 0.697. The number of nitrogens with two attached hydrogens (primary N) is 1. The largest absolute Gasteiger partial charge is 0.407 e. The molecule has 3 N–H and O–H groups in total. The normalized spacial score (nSPS) is 13.8. The van der Waals surface area contributed by atoms with Crippen molar-refractivity contribution in [2.45, 2.75) is 19.5 Å². The van der Waals surface area contributed by atoms with E-state index in [1.165, 1.54) is 6.26 Å². The fourth-order valence-corrected chi connectivity index (χ4v) is 2.09. The predicted octanol–water partition coefficient (Wildman–Crippen LogP) is -0.627. The van der Waals surface area contributed by atoms with Gasteiger partial charge in [0.15, 0.2) is 0 Å². The fourth-order valence-electron chi connectivity index (χ4n) is 1.10. The third kappa shape index (κ3) is 4.26. The van der Waals surface area contributed by atoms with Crippen LogP contribution in [-0.4, -0.2) is 36.7 Å². The molecule has 0 saturated carbocycles. The molecule has 0 aliphatic heterocycles. The highest BCUT2D eigenvalue weighted by Crippen LogP contribution is 2.06. The standard InChI is InChI=1S/C7H14N4O3S/c1-5(4-15(2,12)13)9-7-11-10-6(3-8)14-7/h5H,3-4,8H2,1-2H3,(H,9,11). The van der Waals surface area contributed by atoms with Crippen molar-refractivity contribution in [1.82, 2.24) is 10.2 Å². The van der Waals surface area contributed by atoms with E-state index in [-0.39, 0.29) is 24.4 Å². The summed E-state index contributed by atoms with van der Waals surface area (Å²) in [5.74, 6) is 0.317. The summed E-state index contributed by atoms with van der Waals surface area (Å²) in [6, 6.07) is -0.0994. The molecule has 0 aromatic carbocycles. The molecule has 1 heterocycles. The van der Waals surface area contributed by atoms with E-state index in [9.17, 15) is 8.42 Å². The van der Waals surface area contributed by atoms with Crippen molar-refractivity contribution in [3.63, 3.8) is 0 Å². The van der Waals surface area contributed by atoms with Crippen molar-refractivity contribution < 1.29 is 12.8 Å². The van der Waals surface area contributed by atoms with Crippen LogP contribution >= 0.6 is 0 Å². The molecule has 0 bridgehead atoms. The van der Waals surface area contributed by atoms with Crippen LogP contribution in [-0.2, 0) is 16.4 Å². The highest BCUT2D eigenvalue weighted by molar-refractivity contribution is 7.90. The third-order valence-corrected chi connectivity index (χ3v) is 2.67. The molecule has 0 spiro atoms. The number of anilines is 1. The Balaban J connectivity index is 2.54. The zero-order valence-corrected chi connectivity index (χ0v) is 9.41. The van der Waals surface area contributed by atoms with Crippen molar-refractivity contribution in [1.29, 1.82) is 0 Å².